The molecule has 5 heterocycles. The summed E-state index contributed by atoms with van der Waals surface area (Å²) in [4.78, 5) is 66.4. The van der Waals surface area contributed by atoms with Crippen molar-refractivity contribution in [3.05, 3.63) is 110 Å². The number of carbonyl (C=O) groups excluding carboxylic acids is 5. The molecule has 1 saturated carbocycles. The van der Waals surface area contributed by atoms with E-state index < -0.39 is 0 Å². The SMILES string of the molecule is CC(=O)c1cc(C)[nH]c1C.CC(=O)c1cc(C)[nH]c1C1CC1.CC(=O)c1cc(C)[nH]c1CN.CC(=O)c1cc(C)[nH]n1.CC(=O)c1cc(C)c[nH]1. The normalized spacial score (nSPS) is 11.4. The summed E-state index contributed by atoms with van der Waals surface area (Å²) in [5, 5.41) is 6.42. The Labute approximate surface area is 299 Å². The van der Waals surface area contributed by atoms with E-state index in [1.54, 1.807) is 33.8 Å². The molecule has 0 unspecified atom stereocenters. The van der Waals surface area contributed by atoms with Crippen LogP contribution in [0.1, 0.15) is 151 Å². The number of Topliss-reactive ketones (excluding diaryl/α,β-unsaturated/α-hetero) is 5. The zero-order valence-corrected chi connectivity index (χ0v) is 31.7. The zero-order valence-electron chi connectivity index (χ0n) is 31.7. The first-order chi connectivity index (χ1) is 23.8. The lowest BCUT2D eigenvalue weighted by Gasteiger charge is -1.95. The minimum atomic E-state index is -0.000602. The molecule has 0 spiro atoms. The average molecular weight is 700 g/mol. The lowest BCUT2D eigenvalue weighted by molar-refractivity contribution is 0.100. The molecule has 0 atom stereocenters. The highest BCUT2D eigenvalue weighted by atomic mass is 16.1. The van der Waals surface area contributed by atoms with Crippen molar-refractivity contribution in [1.29, 1.82) is 0 Å². The van der Waals surface area contributed by atoms with Gasteiger partial charge in [0.05, 0.1) is 5.69 Å². The summed E-state index contributed by atoms with van der Waals surface area (Å²) in [5.41, 5.74) is 17.1. The number of aromatic nitrogens is 6. The number of nitrogens with one attached hydrogen (secondary N) is 5. The fourth-order valence-corrected chi connectivity index (χ4v) is 5.11. The molecule has 0 bridgehead atoms. The Morgan fingerprint density at radius 3 is 1.49 bits per heavy atom. The van der Waals surface area contributed by atoms with E-state index in [1.165, 1.54) is 25.5 Å². The number of H-pyrrole nitrogens is 5. The highest BCUT2D eigenvalue weighted by Gasteiger charge is 2.28. The van der Waals surface area contributed by atoms with Gasteiger partial charge in [-0.25, -0.2) is 0 Å². The first kappa shape index (κ1) is 41.8. The molecule has 0 saturated heterocycles. The van der Waals surface area contributed by atoms with Crippen LogP contribution < -0.4 is 5.73 Å². The Morgan fingerprint density at radius 1 is 0.647 bits per heavy atom. The Balaban J connectivity index is 0.000000222. The van der Waals surface area contributed by atoms with E-state index in [0.29, 0.717) is 29.4 Å². The number of hydrogen-bond donors (Lipinski definition) is 6. The van der Waals surface area contributed by atoms with E-state index in [1.807, 2.05) is 72.0 Å². The largest absolute Gasteiger partial charge is 0.362 e. The predicted molar refractivity (Wildman–Crippen MR) is 200 cm³/mol. The van der Waals surface area contributed by atoms with Gasteiger partial charge in [0.25, 0.3) is 0 Å². The fourth-order valence-electron chi connectivity index (χ4n) is 5.11. The van der Waals surface area contributed by atoms with Crippen LogP contribution in [-0.4, -0.2) is 59.0 Å². The summed E-state index contributed by atoms with van der Waals surface area (Å²) >= 11 is 0. The first-order valence-electron chi connectivity index (χ1n) is 16.8. The summed E-state index contributed by atoms with van der Waals surface area (Å²) in [7, 11) is 0. The third-order valence-electron chi connectivity index (χ3n) is 7.77. The van der Waals surface area contributed by atoms with Crippen molar-refractivity contribution in [3.63, 3.8) is 0 Å². The number of rotatable bonds is 7. The Hall–Kier alpha value is -5.36. The van der Waals surface area contributed by atoms with Gasteiger partial charge in [-0.15, -0.1) is 0 Å². The highest BCUT2D eigenvalue weighted by Crippen LogP contribution is 2.41. The summed E-state index contributed by atoms with van der Waals surface area (Å²) in [6.07, 6.45) is 4.29. The summed E-state index contributed by atoms with van der Waals surface area (Å²) < 4.78 is 0. The van der Waals surface area contributed by atoms with E-state index in [9.17, 15) is 24.0 Å². The van der Waals surface area contributed by atoms with Crippen LogP contribution in [-0.2, 0) is 6.54 Å². The molecule has 0 radical (unpaired) electrons. The molecule has 6 rings (SSSR count). The monoisotopic (exact) mass is 699 g/mol. The van der Waals surface area contributed by atoms with Crippen molar-refractivity contribution in [2.45, 2.75) is 101 Å². The van der Waals surface area contributed by atoms with E-state index in [4.69, 9.17) is 5.73 Å². The van der Waals surface area contributed by atoms with E-state index in [-0.39, 0.29) is 28.9 Å². The fraction of sp³-hybridized carbons (Fsp3) is 0.385. The molecule has 1 aliphatic carbocycles. The first-order valence-corrected chi connectivity index (χ1v) is 16.8. The van der Waals surface area contributed by atoms with Crippen molar-refractivity contribution in [2.75, 3.05) is 0 Å². The van der Waals surface area contributed by atoms with Gasteiger partial charge in [0.2, 0.25) is 0 Å². The number of aryl methyl sites for hydroxylation is 6. The maximum absolute atomic E-state index is 11.2. The molecular weight excluding hydrogens is 646 g/mol. The van der Waals surface area contributed by atoms with Crippen LogP contribution in [0.15, 0.2) is 36.5 Å². The van der Waals surface area contributed by atoms with Crippen LogP contribution >= 0.6 is 0 Å². The van der Waals surface area contributed by atoms with Crippen LogP contribution in [0, 0.1) is 41.5 Å². The molecule has 274 valence electrons. The quantitative estimate of drug-likeness (QED) is 0.0935. The number of carbonyl (C=O) groups is 5. The molecule has 5 aromatic heterocycles. The van der Waals surface area contributed by atoms with Gasteiger partial charge < -0.3 is 25.7 Å². The van der Waals surface area contributed by atoms with Crippen LogP contribution in [0.3, 0.4) is 0 Å². The van der Waals surface area contributed by atoms with Crippen molar-refractivity contribution < 1.29 is 24.0 Å². The van der Waals surface area contributed by atoms with Crippen LogP contribution in [0.2, 0.25) is 0 Å². The Bertz CT molecular complexity index is 1910. The Morgan fingerprint density at radius 2 is 1.18 bits per heavy atom. The van der Waals surface area contributed by atoms with Crippen LogP contribution in [0.5, 0.6) is 0 Å². The second-order valence-electron chi connectivity index (χ2n) is 12.9. The molecule has 51 heavy (non-hydrogen) atoms. The summed E-state index contributed by atoms with van der Waals surface area (Å²) in [5.74, 6) is 1.10. The standard InChI is InChI=1S/C10H13NO.C8H12N2O.C8H11NO.C7H9NO.C6H8N2O/c1-6-5-9(7(2)12)10(11-6)8-3-4-8;1-5-3-7(6(2)11)8(4-9)10-5;1-5-4-8(7(3)10)6(2)9-5;1-5-3-7(6(2)9)8-4-5;1-4-3-6(5(2)9)8-7-4/h5,8,11H,3-4H2,1-2H3;3,10H,4,9H2,1-2H3;4,9H,1-3H3;3-4,8H,1-2H3;3H,1-2H3,(H,7,8). The van der Waals surface area contributed by atoms with E-state index >= 15 is 0 Å². The molecule has 0 aliphatic heterocycles. The molecule has 5 aromatic rings. The minimum absolute atomic E-state index is 0.000602. The highest BCUT2D eigenvalue weighted by molar-refractivity contribution is 5.96. The lowest BCUT2D eigenvalue weighted by Crippen LogP contribution is -2.02. The minimum Gasteiger partial charge on any atom is -0.362 e. The van der Waals surface area contributed by atoms with Crippen molar-refractivity contribution in [3.8, 4) is 0 Å². The van der Waals surface area contributed by atoms with E-state index in [0.717, 1.165) is 50.9 Å². The van der Waals surface area contributed by atoms with Gasteiger partial charge in [-0.3, -0.25) is 29.1 Å². The van der Waals surface area contributed by atoms with Gasteiger partial charge in [-0.05, 0) is 117 Å². The topological polar surface area (TPSA) is 203 Å². The third kappa shape index (κ3) is 13.5. The molecule has 7 N–H and O–H groups in total. The zero-order chi connectivity index (χ0) is 38.6. The Kier molecular flexibility index (Phi) is 15.7. The van der Waals surface area contributed by atoms with E-state index in [2.05, 4.69) is 30.1 Å². The molecule has 12 nitrogen and oxygen atoms in total. The molecule has 1 aliphatic rings. The van der Waals surface area contributed by atoms with Gasteiger partial charge in [0.1, 0.15) is 5.69 Å². The maximum atomic E-state index is 11.2. The third-order valence-corrected chi connectivity index (χ3v) is 7.77. The molecule has 0 amide bonds. The number of nitrogens with two attached hydrogens (primary N) is 1. The maximum Gasteiger partial charge on any atom is 0.179 e. The number of nitrogens with zero attached hydrogens (tertiary/aromatic N) is 1. The number of hydrogen-bond acceptors (Lipinski definition) is 7. The second-order valence-corrected chi connectivity index (χ2v) is 12.9. The van der Waals surface area contributed by atoms with Crippen molar-refractivity contribution in [1.82, 2.24) is 30.1 Å². The van der Waals surface area contributed by atoms with Crippen molar-refractivity contribution in [2.24, 2.45) is 5.73 Å². The van der Waals surface area contributed by atoms with Crippen LogP contribution in [0.25, 0.3) is 0 Å². The molecule has 1 fully saturated rings. The smallest absolute Gasteiger partial charge is 0.179 e. The number of aromatic amines is 5. The second kappa shape index (κ2) is 19.1. The van der Waals surface area contributed by atoms with Gasteiger partial charge in [-0.2, -0.15) is 5.10 Å². The van der Waals surface area contributed by atoms with Crippen LogP contribution in [0.4, 0.5) is 0 Å². The number of ketones is 5. The van der Waals surface area contributed by atoms with Gasteiger partial charge >= 0.3 is 0 Å². The van der Waals surface area contributed by atoms with Gasteiger partial charge in [0.15, 0.2) is 28.9 Å². The lowest BCUT2D eigenvalue weighted by atomic mass is 10.1. The molecule has 0 aromatic carbocycles. The molecular formula is C39H53N7O5. The summed E-state index contributed by atoms with van der Waals surface area (Å²) in [6, 6.07) is 9.21. The average Bonchev–Trinajstić information content (AvgIpc) is 3.44. The van der Waals surface area contributed by atoms with Crippen molar-refractivity contribution >= 4 is 28.9 Å². The predicted octanol–water partition coefficient (Wildman–Crippen LogP) is 7.67. The summed E-state index contributed by atoms with van der Waals surface area (Å²) in [6.45, 7) is 19.8. The van der Waals surface area contributed by atoms with Gasteiger partial charge in [0, 0.05) is 83.1 Å². The van der Waals surface area contributed by atoms with Gasteiger partial charge in [-0.1, -0.05) is 0 Å². The molecule has 12 heteroatoms.